The van der Waals surface area contributed by atoms with Crippen LogP contribution in [0.1, 0.15) is 65.2 Å². The molecule has 0 rings (SSSR count). The summed E-state index contributed by atoms with van der Waals surface area (Å²) < 4.78 is 0. The van der Waals surface area contributed by atoms with Crippen molar-refractivity contribution in [1.82, 2.24) is 5.32 Å². The lowest BCUT2D eigenvalue weighted by molar-refractivity contribution is -0.121. The Labute approximate surface area is 117 Å². The summed E-state index contributed by atoms with van der Waals surface area (Å²) in [5, 5.41) is 2.87. The van der Waals surface area contributed by atoms with Crippen molar-refractivity contribution >= 4 is 23.1 Å². The number of nitrogens with one attached hydrogen (secondary N) is 1. The largest absolute Gasteiger partial charge is 0.393 e. The first kappa shape index (κ1) is 17.4. The number of unbranched alkanes of at least 4 members (excludes halogenated alkanes) is 6. The van der Waals surface area contributed by atoms with Gasteiger partial charge in [-0.2, -0.15) is 0 Å². The summed E-state index contributed by atoms with van der Waals surface area (Å²) in [4.78, 5) is 12.0. The molecule has 106 valence electrons. The Morgan fingerprint density at radius 3 is 2.28 bits per heavy atom. The van der Waals surface area contributed by atoms with E-state index in [-0.39, 0.29) is 11.8 Å². The van der Waals surface area contributed by atoms with Gasteiger partial charge >= 0.3 is 0 Å². The molecule has 0 aliphatic rings. The van der Waals surface area contributed by atoms with Gasteiger partial charge in [-0.3, -0.25) is 4.79 Å². The average molecular weight is 272 g/mol. The second-order valence-electron chi connectivity index (χ2n) is 4.98. The van der Waals surface area contributed by atoms with Crippen LogP contribution in [0.3, 0.4) is 0 Å². The van der Waals surface area contributed by atoms with Crippen LogP contribution in [0.15, 0.2) is 0 Å². The van der Waals surface area contributed by atoms with E-state index in [1.165, 1.54) is 32.1 Å². The number of carbonyl (C=O) groups excluding carboxylic acids is 1. The summed E-state index contributed by atoms with van der Waals surface area (Å²) in [5.74, 6) is 0.199. The van der Waals surface area contributed by atoms with Crippen molar-refractivity contribution in [2.45, 2.75) is 65.2 Å². The Balaban J connectivity index is 3.35. The van der Waals surface area contributed by atoms with E-state index in [9.17, 15) is 4.79 Å². The molecule has 0 aromatic rings. The van der Waals surface area contributed by atoms with Gasteiger partial charge in [0.2, 0.25) is 5.91 Å². The maximum Gasteiger partial charge on any atom is 0.220 e. The van der Waals surface area contributed by atoms with Crippen LogP contribution in [0.25, 0.3) is 0 Å². The maximum atomic E-state index is 11.5. The van der Waals surface area contributed by atoms with Crippen LogP contribution in [0, 0.1) is 5.92 Å². The molecule has 1 amide bonds. The first-order valence-electron chi connectivity index (χ1n) is 7.14. The zero-order valence-corrected chi connectivity index (χ0v) is 12.7. The number of rotatable bonds is 11. The molecule has 0 spiro atoms. The van der Waals surface area contributed by atoms with Crippen molar-refractivity contribution < 1.29 is 4.79 Å². The first-order valence-corrected chi connectivity index (χ1v) is 7.54. The molecule has 3 nitrogen and oxygen atoms in total. The van der Waals surface area contributed by atoms with E-state index >= 15 is 0 Å². The normalized spacial score (nSPS) is 12.1. The second-order valence-corrected chi connectivity index (χ2v) is 5.45. The van der Waals surface area contributed by atoms with E-state index in [1.807, 2.05) is 6.92 Å². The molecule has 0 bridgehead atoms. The summed E-state index contributed by atoms with van der Waals surface area (Å²) in [6.07, 6.45) is 9.25. The van der Waals surface area contributed by atoms with E-state index in [0.29, 0.717) is 18.0 Å². The molecule has 0 saturated heterocycles. The molecular formula is C14H28N2OS. The fraction of sp³-hybridized carbons (Fsp3) is 0.857. The lowest BCUT2D eigenvalue weighted by atomic mass is 10.1. The van der Waals surface area contributed by atoms with Crippen LogP contribution in [-0.4, -0.2) is 17.4 Å². The smallest absolute Gasteiger partial charge is 0.220 e. The quantitative estimate of drug-likeness (QED) is 0.449. The van der Waals surface area contributed by atoms with Crippen molar-refractivity contribution in [1.29, 1.82) is 0 Å². The van der Waals surface area contributed by atoms with Gasteiger partial charge in [0, 0.05) is 18.9 Å². The van der Waals surface area contributed by atoms with Crippen LogP contribution in [-0.2, 0) is 4.79 Å². The highest BCUT2D eigenvalue weighted by Crippen LogP contribution is 2.08. The molecule has 0 aliphatic heterocycles. The minimum Gasteiger partial charge on any atom is -0.393 e. The molecule has 0 saturated carbocycles. The van der Waals surface area contributed by atoms with Crippen LogP contribution in [0.5, 0.6) is 0 Å². The van der Waals surface area contributed by atoms with Crippen molar-refractivity contribution in [2.24, 2.45) is 11.7 Å². The number of carbonyl (C=O) groups is 1. The van der Waals surface area contributed by atoms with Gasteiger partial charge in [0.05, 0.1) is 4.99 Å². The molecule has 4 heteroatoms. The molecule has 3 N–H and O–H groups in total. The van der Waals surface area contributed by atoms with Crippen LogP contribution in [0.2, 0.25) is 0 Å². The third kappa shape index (κ3) is 10.5. The Morgan fingerprint density at radius 1 is 1.17 bits per heavy atom. The Hall–Kier alpha value is -0.640. The summed E-state index contributed by atoms with van der Waals surface area (Å²) in [5.41, 5.74) is 5.48. The number of nitrogens with two attached hydrogens (primary N) is 1. The minimum absolute atomic E-state index is 0.0815. The van der Waals surface area contributed by atoms with Crippen LogP contribution >= 0.6 is 12.2 Å². The molecule has 0 aliphatic carbocycles. The third-order valence-electron chi connectivity index (χ3n) is 3.10. The van der Waals surface area contributed by atoms with Gasteiger partial charge in [0.15, 0.2) is 0 Å². The summed E-state index contributed by atoms with van der Waals surface area (Å²) in [7, 11) is 0. The fourth-order valence-corrected chi connectivity index (χ4v) is 1.78. The molecule has 0 fully saturated rings. The highest BCUT2D eigenvalue weighted by atomic mass is 32.1. The zero-order chi connectivity index (χ0) is 13.8. The third-order valence-corrected chi connectivity index (χ3v) is 3.50. The van der Waals surface area contributed by atoms with Gasteiger partial charge in [0.1, 0.15) is 0 Å². The predicted octanol–water partition coefficient (Wildman–Crippen LogP) is 3.17. The van der Waals surface area contributed by atoms with E-state index in [0.717, 1.165) is 12.8 Å². The average Bonchev–Trinajstić information content (AvgIpc) is 2.34. The number of hydrogen-bond acceptors (Lipinski definition) is 2. The number of thiocarbonyl (C=S) groups is 1. The lowest BCUT2D eigenvalue weighted by Crippen LogP contribution is -2.33. The fourth-order valence-electron chi connectivity index (χ4n) is 1.70. The topological polar surface area (TPSA) is 55.1 Å². The van der Waals surface area contributed by atoms with Gasteiger partial charge in [-0.25, -0.2) is 0 Å². The van der Waals surface area contributed by atoms with Gasteiger partial charge < -0.3 is 11.1 Å². The standard InChI is InChI=1S/C14H28N2OS/c1-3-4-5-6-7-8-9-10-13(17)16-11-12(2)14(15)18/h12H,3-11H2,1-2H3,(H2,15,18)(H,16,17). The van der Waals surface area contributed by atoms with Crippen molar-refractivity contribution in [2.75, 3.05) is 6.54 Å². The van der Waals surface area contributed by atoms with E-state index in [2.05, 4.69) is 12.2 Å². The van der Waals surface area contributed by atoms with E-state index < -0.39 is 0 Å². The van der Waals surface area contributed by atoms with E-state index in [1.54, 1.807) is 0 Å². The molecule has 18 heavy (non-hydrogen) atoms. The van der Waals surface area contributed by atoms with Gasteiger partial charge in [-0.1, -0.05) is 64.6 Å². The maximum absolute atomic E-state index is 11.5. The molecule has 1 unspecified atom stereocenters. The van der Waals surface area contributed by atoms with Crippen LogP contribution < -0.4 is 11.1 Å². The Kier molecular flexibility index (Phi) is 11.0. The Bertz CT molecular complexity index is 244. The molecule has 0 aromatic carbocycles. The van der Waals surface area contributed by atoms with Crippen LogP contribution in [0.4, 0.5) is 0 Å². The molecule has 0 heterocycles. The summed E-state index contributed by atoms with van der Waals surface area (Å²) in [6.45, 7) is 4.71. The molecular weight excluding hydrogens is 244 g/mol. The molecule has 0 radical (unpaired) electrons. The van der Waals surface area contributed by atoms with Gasteiger partial charge in [0.25, 0.3) is 0 Å². The second kappa shape index (κ2) is 11.5. The minimum atomic E-state index is 0.0815. The first-order chi connectivity index (χ1) is 8.57. The van der Waals surface area contributed by atoms with Gasteiger partial charge in [-0.15, -0.1) is 0 Å². The number of amides is 1. The molecule has 0 aromatic heterocycles. The highest BCUT2D eigenvalue weighted by molar-refractivity contribution is 7.80. The number of hydrogen-bond donors (Lipinski definition) is 2. The van der Waals surface area contributed by atoms with Crippen molar-refractivity contribution in [3.05, 3.63) is 0 Å². The van der Waals surface area contributed by atoms with Crippen molar-refractivity contribution in [3.63, 3.8) is 0 Å². The Morgan fingerprint density at radius 2 is 1.72 bits per heavy atom. The monoisotopic (exact) mass is 272 g/mol. The highest BCUT2D eigenvalue weighted by Gasteiger charge is 2.07. The van der Waals surface area contributed by atoms with Crippen molar-refractivity contribution in [3.8, 4) is 0 Å². The predicted molar refractivity (Wildman–Crippen MR) is 81.6 cm³/mol. The lowest BCUT2D eigenvalue weighted by Gasteiger charge is -2.10. The van der Waals surface area contributed by atoms with Gasteiger partial charge in [-0.05, 0) is 6.42 Å². The van der Waals surface area contributed by atoms with E-state index in [4.69, 9.17) is 18.0 Å². The molecule has 1 atom stereocenters. The summed E-state index contributed by atoms with van der Waals surface area (Å²) in [6, 6.07) is 0. The zero-order valence-electron chi connectivity index (χ0n) is 11.8. The summed E-state index contributed by atoms with van der Waals surface area (Å²) >= 11 is 4.85. The SMILES string of the molecule is CCCCCCCCCC(=O)NCC(C)C(N)=S.